The lowest BCUT2D eigenvalue weighted by Crippen LogP contribution is -2.24. The van der Waals surface area contributed by atoms with Gasteiger partial charge in [-0.25, -0.2) is 5.43 Å². The Kier molecular flexibility index (Phi) is 6.17. The van der Waals surface area contributed by atoms with Gasteiger partial charge in [0.25, 0.3) is 5.91 Å². The summed E-state index contributed by atoms with van der Waals surface area (Å²) < 4.78 is 5.49. The van der Waals surface area contributed by atoms with Crippen LogP contribution >= 0.6 is 0 Å². The summed E-state index contributed by atoms with van der Waals surface area (Å²) in [7, 11) is 0. The second-order valence-corrected chi connectivity index (χ2v) is 6.15. The Labute approximate surface area is 163 Å². The standard InChI is InChI=1S/C23H19N3O2/c1-17-4-2-3-5-21(17)15-25-26-23(27)16-28-22-12-10-20(11-13-22)19-8-6-18(14-24)7-9-19/h2-13,15H,16H2,1H3,(H,26,27)/b25-15+. The number of amides is 1. The molecule has 0 bridgehead atoms. The number of nitrogens with zero attached hydrogens (tertiary/aromatic N) is 2. The van der Waals surface area contributed by atoms with Crippen LogP contribution in [0.2, 0.25) is 0 Å². The van der Waals surface area contributed by atoms with Gasteiger partial charge >= 0.3 is 0 Å². The highest BCUT2D eigenvalue weighted by Gasteiger charge is 2.03. The number of ether oxygens (including phenoxy) is 1. The molecule has 28 heavy (non-hydrogen) atoms. The summed E-state index contributed by atoms with van der Waals surface area (Å²) in [5.41, 5.74) is 7.12. The molecule has 0 atom stereocenters. The number of aryl methyl sites for hydroxylation is 1. The Balaban J connectivity index is 1.51. The molecular weight excluding hydrogens is 350 g/mol. The van der Waals surface area contributed by atoms with Crippen LogP contribution in [0.3, 0.4) is 0 Å². The van der Waals surface area contributed by atoms with Gasteiger partial charge in [0.1, 0.15) is 5.75 Å². The molecule has 0 aromatic heterocycles. The summed E-state index contributed by atoms with van der Waals surface area (Å²) in [5, 5.41) is 12.8. The van der Waals surface area contributed by atoms with Crippen molar-refractivity contribution in [2.24, 2.45) is 5.10 Å². The van der Waals surface area contributed by atoms with Gasteiger partial charge in [0, 0.05) is 0 Å². The van der Waals surface area contributed by atoms with Crippen LogP contribution in [0.4, 0.5) is 0 Å². The molecular formula is C23H19N3O2. The molecule has 1 N–H and O–H groups in total. The van der Waals surface area contributed by atoms with Gasteiger partial charge in [-0.05, 0) is 53.4 Å². The number of rotatable bonds is 6. The first kappa shape index (κ1) is 18.9. The fraction of sp³-hybridized carbons (Fsp3) is 0.0870. The molecule has 138 valence electrons. The summed E-state index contributed by atoms with van der Waals surface area (Å²) in [6, 6.07) is 24.7. The van der Waals surface area contributed by atoms with Crippen LogP contribution < -0.4 is 10.2 Å². The lowest BCUT2D eigenvalue weighted by molar-refractivity contribution is -0.123. The fourth-order valence-electron chi connectivity index (χ4n) is 2.57. The van der Waals surface area contributed by atoms with E-state index in [1.807, 2.05) is 55.5 Å². The van der Waals surface area contributed by atoms with E-state index in [2.05, 4.69) is 16.6 Å². The van der Waals surface area contributed by atoms with Crippen molar-refractivity contribution in [2.75, 3.05) is 6.61 Å². The second kappa shape index (κ2) is 9.15. The minimum atomic E-state index is -0.332. The van der Waals surface area contributed by atoms with Crippen molar-refractivity contribution in [2.45, 2.75) is 6.92 Å². The summed E-state index contributed by atoms with van der Waals surface area (Å²) in [6.07, 6.45) is 1.61. The van der Waals surface area contributed by atoms with Gasteiger partial charge in [0.15, 0.2) is 6.61 Å². The predicted octanol–water partition coefficient (Wildman–Crippen LogP) is 4.06. The van der Waals surface area contributed by atoms with E-state index < -0.39 is 0 Å². The van der Waals surface area contributed by atoms with E-state index in [0.29, 0.717) is 11.3 Å². The lowest BCUT2D eigenvalue weighted by atomic mass is 10.0. The summed E-state index contributed by atoms with van der Waals surface area (Å²) >= 11 is 0. The molecule has 1 amide bonds. The third kappa shape index (κ3) is 5.05. The normalized spacial score (nSPS) is 10.4. The molecule has 0 unspecified atom stereocenters. The Bertz CT molecular complexity index is 1020. The van der Waals surface area contributed by atoms with E-state index >= 15 is 0 Å². The molecule has 0 aliphatic heterocycles. The third-order valence-corrected chi connectivity index (χ3v) is 4.15. The van der Waals surface area contributed by atoms with Crippen molar-refractivity contribution in [3.8, 4) is 22.9 Å². The first-order chi connectivity index (χ1) is 13.7. The highest BCUT2D eigenvalue weighted by atomic mass is 16.5. The van der Waals surface area contributed by atoms with Crippen molar-refractivity contribution in [1.29, 1.82) is 5.26 Å². The van der Waals surface area contributed by atoms with Crippen LogP contribution in [-0.2, 0) is 4.79 Å². The average Bonchev–Trinajstić information content (AvgIpc) is 2.74. The maximum absolute atomic E-state index is 11.9. The van der Waals surface area contributed by atoms with Crippen molar-refractivity contribution in [3.63, 3.8) is 0 Å². The zero-order valence-corrected chi connectivity index (χ0v) is 15.4. The van der Waals surface area contributed by atoms with Crippen LogP contribution in [0.25, 0.3) is 11.1 Å². The monoisotopic (exact) mass is 369 g/mol. The summed E-state index contributed by atoms with van der Waals surface area (Å²) in [6.45, 7) is 1.86. The predicted molar refractivity (Wildman–Crippen MR) is 109 cm³/mol. The van der Waals surface area contributed by atoms with Crippen LogP contribution in [0.15, 0.2) is 77.9 Å². The quantitative estimate of drug-likeness (QED) is 0.526. The number of nitrogens with one attached hydrogen (secondary N) is 1. The fourth-order valence-corrected chi connectivity index (χ4v) is 2.57. The SMILES string of the molecule is Cc1ccccc1/C=N/NC(=O)COc1ccc(-c2ccc(C#N)cc2)cc1. The Hall–Kier alpha value is -3.91. The highest BCUT2D eigenvalue weighted by Crippen LogP contribution is 2.22. The topological polar surface area (TPSA) is 74.5 Å². The number of hydrogen-bond acceptors (Lipinski definition) is 4. The van der Waals surface area contributed by atoms with Crippen molar-refractivity contribution in [3.05, 3.63) is 89.5 Å². The van der Waals surface area contributed by atoms with E-state index in [-0.39, 0.29) is 12.5 Å². The molecule has 0 radical (unpaired) electrons. The van der Waals surface area contributed by atoms with E-state index in [9.17, 15) is 4.79 Å². The van der Waals surface area contributed by atoms with Crippen LogP contribution in [0.5, 0.6) is 5.75 Å². The highest BCUT2D eigenvalue weighted by molar-refractivity contribution is 5.84. The molecule has 0 heterocycles. The molecule has 5 nitrogen and oxygen atoms in total. The van der Waals surface area contributed by atoms with Gasteiger partial charge in [-0.1, -0.05) is 48.5 Å². The van der Waals surface area contributed by atoms with Gasteiger partial charge < -0.3 is 4.74 Å². The maximum Gasteiger partial charge on any atom is 0.277 e. The molecule has 3 aromatic rings. The summed E-state index contributed by atoms with van der Waals surface area (Å²) in [4.78, 5) is 11.9. The van der Waals surface area contributed by atoms with Crippen LogP contribution in [0.1, 0.15) is 16.7 Å². The molecule has 5 heteroatoms. The molecule has 0 saturated carbocycles. The Morgan fingerprint density at radius 2 is 1.68 bits per heavy atom. The van der Waals surface area contributed by atoms with E-state index in [1.165, 1.54) is 0 Å². The van der Waals surface area contributed by atoms with E-state index in [0.717, 1.165) is 22.3 Å². The number of carbonyl (C=O) groups is 1. The third-order valence-electron chi connectivity index (χ3n) is 4.15. The molecule has 0 aliphatic rings. The van der Waals surface area contributed by atoms with Crippen LogP contribution in [0, 0.1) is 18.3 Å². The minimum Gasteiger partial charge on any atom is -0.484 e. The first-order valence-electron chi connectivity index (χ1n) is 8.76. The zero-order valence-electron chi connectivity index (χ0n) is 15.4. The molecule has 3 aromatic carbocycles. The number of benzene rings is 3. The van der Waals surface area contributed by atoms with E-state index in [4.69, 9.17) is 10.00 Å². The lowest BCUT2D eigenvalue weighted by Gasteiger charge is -2.07. The van der Waals surface area contributed by atoms with Crippen molar-refractivity contribution in [1.82, 2.24) is 5.43 Å². The molecule has 3 rings (SSSR count). The van der Waals surface area contributed by atoms with Gasteiger partial charge in [-0.15, -0.1) is 0 Å². The number of hydrazone groups is 1. The van der Waals surface area contributed by atoms with Gasteiger partial charge in [-0.2, -0.15) is 10.4 Å². The average molecular weight is 369 g/mol. The number of nitriles is 1. The van der Waals surface area contributed by atoms with Gasteiger partial charge in [-0.3, -0.25) is 4.79 Å². The number of carbonyl (C=O) groups excluding carboxylic acids is 1. The zero-order chi connectivity index (χ0) is 19.8. The van der Waals surface area contributed by atoms with E-state index in [1.54, 1.807) is 30.5 Å². The molecule has 0 fully saturated rings. The van der Waals surface area contributed by atoms with Crippen molar-refractivity contribution < 1.29 is 9.53 Å². The smallest absolute Gasteiger partial charge is 0.277 e. The Morgan fingerprint density at radius 3 is 2.32 bits per heavy atom. The molecule has 0 aliphatic carbocycles. The maximum atomic E-state index is 11.9. The molecule has 0 saturated heterocycles. The second-order valence-electron chi connectivity index (χ2n) is 6.15. The van der Waals surface area contributed by atoms with Crippen LogP contribution in [-0.4, -0.2) is 18.7 Å². The number of hydrogen-bond donors (Lipinski definition) is 1. The first-order valence-corrected chi connectivity index (χ1v) is 8.76. The molecule has 0 spiro atoms. The summed E-state index contributed by atoms with van der Waals surface area (Å²) in [5.74, 6) is 0.261. The van der Waals surface area contributed by atoms with Gasteiger partial charge in [0.05, 0.1) is 17.8 Å². The van der Waals surface area contributed by atoms with Crippen molar-refractivity contribution >= 4 is 12.1 Å². The Morgan fingerprint density at radius 1 is 1.04 bits per heavy atom. The van der Waals surface area contributed by atoms with Gasteiger partial charge in [0.2, 0.25) is 0 Å². The largest absolute Gasteiger partial charge is 0.484 e. The minimum absolute atomic E-state index is 0.124.